The average Bonchev–Trinajstić information content (AvgIpc) is 2.82. The van der Waals surface area contributed by atoms with Crippen LogP contribution in [0.25, 0.3) is 0 Å². The second-order valence-electron chi connectivity index (χ2n) is 7.53. The van der Waals surface area contributed by atoms with E-state index in [1.54, 1.807) is 23.5 Å². The minimum absolute atomic E-state index is 0.117. The second-order valence-corrected chi connectivity index (χ2v) is 11.5. The molecule has 0 aliphatic carbocycles. The number of para-hydroxylation sites is 1. The smallest absolute Gasteiger partial charge is 0.123 e. The molecule has 0 saturated heterocycles. The molecule has 174 valence electrons. The first-order valence-corrected chi connectivity index (χ1v) is 14.0. The lowest BCUT2D eigenvalue weighted by Crippen LogP contribution is -2.06. The molecule has 0 spiro atoms. The Balaban J connectivity index is 1.78. The van der Waals surface area contributed by atoms with E-state index in [4.69, 9.17) is 4.99 Å². The molecule has 0 amide bonds. The van der Waals surface area contributed by atoms with Crippen molar-refractivity contribution in [3.8, 4) is 0 Å². The fourth-order valence-electron chi connectivity index (χ4n) is 3.08. The van der Waals surface area contributed by atoms with Gasteiger partial charge in [-0.25, -0.2) is 13.8 Å². The third kappa shape index (κ3) is 9.95. The van der Waals surface area contributed by atoms with Crippen LogP contribution in [0.4, 0.5) is 14.5 Å². The normalized spacial score (nSPS) is 11.8. The summed E-state index contributed by atoms with van der Waals surface area (Å²) in [5.74, 6) is 0.563. The van der Waals surface area contributed by atoms with Gasteiger partial charge in [0, 0.05) is 16.2 Å². The summed E-state index contributed by atoms with van der Waals surface area (Å²) in [7, 11) is 0. The molecule has 3 aromatic carbocycles. The van der Waals surface area contributed by atoms with Gasteiger partial charge in [-0.3, -0.25) is 0 Å². The van der Waals surface area contributed by atoms with E-state index in [9.17, 15) is 8.78 Å². The van der Waals surface area contributed by atoms with Crippen LogP contribution in [0, 0.1) is 11.6 Å². The van der Waals surface area contributed by atoms with E-state index < -0.39 is 0 Å². The molecule has 1 nitrogen and oxygen atoms in total. The van der Waals surface area contributed by atoms with Gasteiger partial charge in [0.15, 0.2) is 0 Å². The van der Waals surface area contributed by atoms with Gasteiger partial charge in [-0.15, -0.1) is 35.3 Å². The van der Waals surface area contributed by atoms with Gasteiger partial charge in [0.25, 0.3) is 0 Å². The molecule has 3 aromatic rings. The Bertz CT molecular complexity index is 929. The molecule has 0 bridgehead atoms. The van der Waals surface area contributed by atoms with Crippen LogP contribution in [0.15, 0.2) is 93.6 Å². The Morgan fingerprint density at radius 1 is 0.758 bits per heavy atom. The van der Waals surface area contributed by atoms with E-state index in [0.717, 1.165) is 32.7 Å². The Labute approximate surface area is 208 Å². The second kappa shape index (κ2) is 14.5. The van der Waals surface area contributed by atoms with Crippen molar-refractivity contribution in [1.82, 2.24) is 0 Å². The molecule has 0 aromatic heterocycles. The highest BCUT2D eigenvalue weighted by molar-refractivity contribution is 8.17. The summed E-state index contributed by atoms with van der Waals surface area (Å²) in [5, 5.41) is 1.09. The molecule has 0 atom stereocenters. The van der Waals surface area contributed by atoms with Gasteiger partial charge in [0.1, 0.15) is 11.6 Å². The Hall–Kier alpha value is -1.76. The van der Waals surface area contributed by atoms with Gasteiger partial charge >= 0.3 is 0 Å². The van der Waals surface area contributed by atoms with Crippen molar-refractivity contribution in [1.29, 1.82) is 0 Å². The van der Waals surface area contributed by atoms with Crippen molar-refractivity contribution in [3.63, 3.8) is 0 Å². The third-order valence-electron chi connectivity index (χ3n) is 4.78. The van der Waals surface area contributed by atoms with Crippen LogP contribution in [0.3, 0.4) is 0 Å². The number of hydrogen-bond donors (Lipinski definition) is 0. The van der Waals surface area contributed by atoms with Gasteiger partial charge in [-0.2, -0.15) is 0 Å². The highest BCUT2D eigenvalue weighted by Crippen LogP contribution is 2.39. The lowest BCUT2D eigenvalue weighted by molar-refractivity contribution is 0.626. The number of nitrogens with zero attached hydrogens (tertiary/aromatic N) is 1. The van der Waals surface area contributed by atoms with Gasteiger partial charge in [-0.05, 0) is 72.8 Å². The van der Waals surface area contributed by atoms with Crippen molar-refractivity contribution in [3.05, 3.63) is 90.5 Å². The predicted octanol–water partition coefficient (Wildman–Crippen LogP) is 9.61. The van der Waals surface area contributed by atoms with Crippen LogP contribution in [0.1, 0.15) is 39.0 Å². The third-order valence-corrected chi connectivity index (χ3v) is 8.39. The SMILES string of the molecule is CCCCCCSC(CC(Sc1ccc(F)cc1)Sc1ccc(F)cc1)=Nc1ccccc1. The average molecular weight is 502 g/mol. The largest absolute Gasteiger partial charge is 0.247 e. The summed E-state index contributed by atoms with van der Waals surface area (Å²) in [6, 6.07) is 23.2. The minimum atomic E-state index is -0.240. The molecule has 0 saturated carbocycles. The number of hydrogen-bond acceptors (Lipinski definition) is 4. The maximum Gasteiger partial charge on any atom is 0.123 e. The molecular formula is C27H29F2NS3. The van der Waals surface area contributed by atoms with Gasteiger partial charge in [0.05, 0.1) is 15.3 Å². The molecule has 3 rings (SSSR count). The maximum atomic E-state index is 13.4. The number of rotatable bonds is 12. The fraction of sp³-hybridized carbons (Fsp3) is 0.296. The van der Waals surface area contributed by atoms with Crippen molar-refractivity contribution in [2.24, 2.45) is 4.99 Å². The molecule has 0 aliphatic rings. The summed E-state index contributed by atoms with van der Waals surface area (Å²) in [4.78, 5) is 6.97. The number of halogens is 2. The first kappa shape index (κ1) is 25.9. The van der Waals surface area contributed by atoms with Gasteiger partial charge < -0.3 is 0 Å². The van der Waals surface area contributed by atoms with E-state index in [2.05, 4.69) is 6.92 Å². The number of benzene rings is 3. The molecule has 0 heterocycles. The van der Waals surface area contributed by atoms with E-state index in [1.807, 2.05) is 66.4 Å². The highest BCUT2D eigenvalue weighted by Gasteiger charge is 2.17. The molecule has 6 heteroatoms. The van der Waals surface area contributed by atoms with Crippen molar-refractivity contribution in [2.45, 2.75) is 53.4 Å². The van der Waals surface area contributed by atoms with Gasteiger partial charge in [-0.1, -0.05) is 44.4 Å². The first-order valence-electron chi connectivity index (χ1n) is 11.2. The van der Waals surface area contributed by atoms with Crippen molar-refractivity contribution < 1.29 is 8.78 Å². The zero-order chi connectivity index (χ0) is 23.3. The molecule has 0 N–H and O–H groups in total. The van der Waals surface area contributed by atoms with E-state index in [1.165, 1.54) is 49.9 Å². The monoisotopic (exact) mass is 501 g/mol. The first-order chi connectivity index (χ1) is 16.1. The van der Waals surface area contributed by atoms with Crippen LogP contribution >= 0.6 is 35.3 Å². The van der Waals surface area contributed by atoms with E-state index in [-0.39, 0.29) is 16.2 Å². The minimum Gasteiger partial charge on any atom is -0.247 e. The van der Waals surface area contributed by atoms with Crippen LogP contribution in [-0.4, -0.2) is 15.4 Å². The Morgan fingerprint density at radius 2 is 1.33 bits per heavy atom. The summed E-state index contributed by atoms with van der Waals surface area (Å²) >= 11 is 5.21. The van der Waals surface area contributed by atoms with Gasteiger partial charge in [0.2, 0.25) is 0 Å². The highest BCUT2D eigenvalue weighted by atomic mass is 32.2. The fourth-order valence-corrected chi connectivity index (χ4v) is 6.87. The molecule has 0 unspecified atom stereocenters. The lowest BCUT2D eigenvalue weighted by atomic mass is 10.2. The quantitative estimate of drug-likeness (QED) is 0.0806. The predicted molar refractivity (Wildman–Crippen MR) is 143 cm³/mol. The summed E-state index contributed by atoms with van der Waals surface area (Å²) in [5.41, 5.74) is 0.950. The number of aliphatic imine (C=N–C) groups is 1. The lowest BCUT2D eigenvalue weighted by Gasteiger charge is -2.18. The summed E-state index contributed by atoms with van der Waals surface area (Å²) in [6.07, 6.45) is 5.65. The maximum absolute atomic E-state index is 13.4. The van der Waals surface area contributed by atoms with Crippen LogP contribution in [0.5, 0.6) is 0 Å². The molecular weight excluding hydrogens is 473 g/mol. The van der Waals surface area contributed by atoms with E-state index >= 15 is 0 Å². The zero-order valence-electron chi connectivity index (χ0n) is 18.8. The Kier molecular flexibility index (Phi) is 11.4. The van der Waals surface area contributed by atoms with Crippen LogP contribution < -0.4 is 0 Å². The van der Waals surface area contributed by atoms with Crippen molar-refractivity contribution >= 4 is 46.0 Å². The molecule has 33 heavy (non-hydrogen) atoms. The van der Waals surface area contributed by atoms with Crippen molar-refractivity contribution in [2.75, 3.05) is 5.75 Å². The number of thioether (sulfide) groups is 3. The van der Waals surface area contributed by atoms with E-state index in [0.29, 0.717) is 0 Å². The molecule has 0 radical (unpaired) electrons. The molecule has 0 fully saturated rings. The molecule has 0 aliphatic heterocycles. The Morgan fingerprint density at radius 3 is 1.88 bits per heavy atom. The zero-order valence-corrected chi connectivity index (χ0v) is 21.2. The summed E-state index contributed by atoms with van der Waals surface area (Å²) < 4.78 is 27.0. The standard InChI is InChI=1S/C27H29F2NS3/c1-2-3-4-8-19-31-26(30-23-9-6-5-7-10-23)20-27(32-24-15-11-21(28)12-16-24)33-25-17-13-22(29)14-18-25/h5-7,9-18,27H,2-4,8,19-20H2,1H3. The topological polar surface area (TPSA) is 12.4 Å². The summed E-state index contributed by atoms with van der Waals surface area (Å²) in [6.45, 7) is 2.22. The number of unbranched alkanes of at least 4 members (excludes halogenated alkanes) is 3. The van der Waals surface area contributed by atoms with Crippen LogP contribution in [-0.2, 0) is 0 Å². The van der Waals surface area contributed by atoms with Crippen LogP contribution in [0.2, 0.25) is 0 Å².